The Morgan fingerprint density at radius 3 is 2.61 bits per heavy atom. The van der Waals surface area contributed by atoms with Gasteiger partial charge in [-0.25, -0.2) is 9.97 Å². The standard InChI is InChI=1S/C31H34N6O/c1-21(37(5)20-22-10-8-16-32-19-22)23-14-15-25-27(18-23)36-30(34-25)35-26-12-9-17-33-29(26)38-28-13-7-6-11-24(28)31(2,3)4/h6-19,21H,20H2,1-5H3,(H2,34,35,36). The van der Waals surface area contributed by atoms with E-state index >= 15 is 0 Å². The first kappa shape index (κ1) is 25.4. The summed E-state index contributed by atoms with van der Waals surface area (Å²) in [6.07, 6.45) is 5.45. The third kappa shape index (κ3) is 5.68. The number of nitrogens with zero attached hydrogens (tertiary/aromatic N) is 4. The molecule has 2 aromatic carbocycles. The summed E-state index contributed by atoms with van der Waals surface area (Å²) in [5.41, 5.74) is 6.06. The normalized spacial score (nSPS) is 12.6. The Balaban J connectivity index is 1.35. The van der Waals surface area contributed by atoms with Gasteiger partial charge in [0.15, 0.2) is 0 Å². The first-order chi connectivity index (χ1) is 18.3. The van der Waals surface area contributed by atoms with Crippen molar-refractivity contribution >= 4 is 22.7 Å². The Bertz CT molecular complexity index is 1520. The minimum atomic E-state index is -0.0569. The quantitative estimate of drug-likeness (QED) is 0.229. The summed E-state index contributed by atoms with van der Waals surface area (Å²) in [5.74, 6) is 1.92. The number of ether oxygens (including phenoxy) is 1. The van der Waals surface area contributed by atoms with Gasteiger partial charge >= 0.3 is 0 Å². The van der Waals surface area contributed by atoms with Gasteiger partial charge in [-0.05, 0) is 66.9 Å². The second-order valence-corrected chi connectivity index (χ2v) is 10.6. The van der Waals surface area contributed by atoms with E-state index in [4.69, 9.17) is 9.72 Å². The number of hydrogen-bond acceptors (Lipinski definition) is 6. The molecular formula is C31H34N6O. The van der Waals surface area contributed by atoms with E-state index in [-0.39, 0.29) is 11.5 Å². The van der Waals surface area contributed by atoms with Crippen molar-refractivity contribution < 1.29 is 4.74 Å². The van der Waals surface area contributed by atoms with Crippen LogP contribution < -0.4 is 10.1 Å². The summed E-state index contributed by atoms with van der Waals surface area (Å²) >= 11 is 0. The molecule has 1 atom stereocenters. The highest BCUT2D eigenvalue weighted by Gasteiger charge is 2.20. The Hall–Kier alpha value is -4.23. The van der Waals surface area contributed by atoms with E-state index in [1.165, 1.54) is 11.1 Å². The average Bonchev–Trinajstić information content (AvgIpc) is 3.31. The van der Waals surface area contributed by atoms with Crippen LogP contribution in [-0.4, -0.2) is 31.9 Å². The topological polar surface area (TPSA) is 79.0 Å². The highest BCUT2D eigenvalue weighted by molar-refractivity contribution is 5.79. The molecule has 0 radical (unpaired) electrons. The van der Waals surface area contributed by atoms with Crippen molar-refractivity contribution in [1.82, 2.24) is 24.8 Å². The van der Waals surface area contributed by atoms with Gasteiger partial charge < -0.3 is 15.0 Å². The lowest BCUT2D eigenvalue weighted by Crippen LogP contribution is -2.21. The van der Waals surface area contributed by atoms with Crippen molar-refractivity contribution in [2.45, 2.75) is 45.7 Å². The van der Waals surface area contributed by atoms with Crippen LogP contribution in [0.1, 0.15) is 50.4 Å². The molecule has 1 unspecified atom stereocenters. The van der Waals surface area contributed by atoms with Gasteiger partial charge in [-0.3, -0.25) is 9.88 Å². The van der Waals surface area contributed by atoms with Gasteiger partial charge in [-0.1, -0.05) is 51.1 Å². The molecule has 0 saturated heterocycles. The van der Waals surface area contributed by atoms with Crippen LogP contribution in [0.3, 0.4) is 0 Å². The maximum atomic E-state index is 6.31. The number of aromatic nitrogens is 4. The Morgan fingerprint density at radius 1 is 1.00 bits per heavy atom. The minimum Gasteiger partial charge on any atom is -0.437 e. The fourth-order valence-electron chi connectivity index (χ4n) is 4.49. The van der Waals surface area contributed by atoms with Crippen LogP contribution in [0.4, 0.5) is 11.6 Å². The molecule has 0 fully saturated rings. The monoisotopic (exact) mass is 506 g/mol. The molecule has 7 nitrogen and oxygen atoms in total. The Morgan fingerprint density at radius 2 is 1.82 bits per heavy atom. The number of benzene rings is 2. The summed E-state index contributed by atoms with van der Waals surface area (Å²) in [4.78, 5) is 19.2. The molecular weight excluding hydrogens is 472 g/mol. The minimum absolute atomic E-state index is 0.0569. The molecule has 194 valence electrons. The average molecular weight is 507 g/mol. The molecule has 5 aromatic rings. The van der Waals surface area contributed by atoms with Gasteiger partial charge in [0, 0.05) is 36.7 Å². The van der Waals surface area contributed by atoms with E-state index in [9.17, 15) is 0 Å². The third-order valence-electron chi connectivity index (χ3n) is 6.73. The second kappa shape index (κ2) is 10.6. The summed E-state index contributed by atoms with van der Waals surface area (Å²) < 4.78 is 6.31. The van der Waals surface area contributed by atoms with E-state index in [2.05, 4.69) is 90.2 Å². The number of H-pyrrole nitrogens is 1. The van der Waals surface area contributed by atoms with Gasteiger partial charge in [0.25, 0.3) is 0 Å². The Labute approximate surface area is 223 Å². The summed E-state index contributed by atoms with van der Waals surface area (Å²) in [7, 11) is 2.13. The Kier molecular flexibility index (Phi) is 7.11. The van der Waals surface area contributed by atoms with Gasteiger partial charge in [0.05, 0.1) is 11.0 Å². The lowest BCUT2D eigenvalue weighted by Gasteiger charge is -2.25. The fourth-order valence-corrected chi connectivity index (χ4v) is 4.49. The smallest absolute Gasteiger partial charge is 0.243 e. The largest absolute Gasteiger partial charge is 0.437 e. The zero-order valence-corrected chi connectivity index (χ0v) is 22.6. The molecule has 38 heavy (non-hydrogen) atoms. The van der Waals surface area contributed by atoms with Crippen molar-refractivity contribution in [2.24, 2.45) is 0 Å². The maximum Gasteiger partial charge on any atom is 0.243 e. The lowest BCUT2D eigenvalue weighted by atomic mass is 9.86. The van der Waals surface area contributed by atoms with Gasteiger partial charge in [-0.2, -0.15) is 0 Å². The molecule has 3 aromatic heterocycles. The van der Waals surface area contributed by atoms with Crippen LogP contribution in [0.15, 0.2) is 85.3 Å². The molecule has 3 heterocycles. The number of rotatable bonds is 8. The van der Waals surface area contributed by atoms with E-state index in [0.29, 0.717) is 11.8 Å². The molecule has 0 bridgehead atoms. The van der Waals surface area contributed by atoms with E-state index in [1.54, 1.807) is 12.4 Å². The number of aromatic amines is 1. The molecule has 0 aliphatic rings. The molecule has 0 saturated carbocycles. The zero-order chi connectivity index (χ0) is 26.7. The zero-order valence-electron chi connectivity index (χ0n) is 22.6. The number of nitrogens with one attached hydrogen (secondary N) is 2. The summed E-state index contributed by atoms with van der Waals surface area (Å²) in [5, 5.41) is 3.37. The van der Waals surface area contributed by atoms with Crippen molar-refractivity contribution in [3.63, 3.8) is 0 Å². The van der Waals surface area contributed by atoms with E-state index < -0.39 is 0 Å². The van der Waals surface area contributed by atoms with Gasteiger partial charge in [0.1, 0.15) is 11.4 Å². The van der Waals surface area contributed by atoms with Crippen molar-refractivity contribution in [3.05, 3.63) is 102 Å². The number of fused-ring (bicyclic) bond motifs is 1. The molecule has 5 rings (SSSR count). The first-order valence-electron chi connectivity index (χ1n) is 12.9. The second-order valence-electron chi connectivity index (χ2n) is 10.6. The molecule has 2 N–H and O–H groups in total. The van der Waals surface area contributed by atoms with Crippen LogP contribution in [0.5, 0.6) is 11.6 Å². The van der Waals surface area contributed by atoms with Crippen molar-refractivity contribution in [2.75, 3.05) is 12.4 Å². The summed E-state index contributed by atoms with van der Waals surface area (Å²) in [6, 6.07) is 22.6. The number of anilines is 2. The molecule has 7 heteroatoms. The van der Waals surface area contributed by atoms with Gasteiger partial charge in [-0.15, -0.1) is 0 Å². The highest BCUT2D eigenvalue weighted by Crippen LogP contribution is 2.36. The number of para-hydroxylation sites is 1. The summed E-state index contributed by atoms with van der Waals surface area (Å²) in [6.45, 7) is 9.56. The van der Waals surface area contributed by atoms with Crippen molar-refractivity contribution in [3.8, 4) is 11.6 Å². The molecule has 0 aliphatic heterocycles. The maximum absolute atomic E-state index is 6.31. The SMILES string of the molecule is CC(c1ccc2nc(Nc3cccnc3Oc3ccccc3C(C)(C)C)[nH]c2c1)N(C)Cc1cccnc1. The predicted octanol–water partition coefficient (Wildman–Crippen LogP) is 7.38. The lowest BCUT2D eigenvalue weighted by molar-refractivity contribution is 0.253. The molecule has 0 aliphatic carbocycles. The predicted molar refractivity (Wildman–Crippen MR) is 153 cm³/mol. The van der Waals surface area contributed by atoms with E-state index in [1.807, 2.05) is 42.6 Å². The van der Waals surface area contributed by atoms with Crippen LogP contribution >= 0.6 is 0 Å². The molecule has 0 spiro atoms. The molecule has 0 amide bonds. The highest BCUT2D eigenvalue weighted by atomic mass is 16.5. The fraction of sp³-hybridized carbons (Fsp3) is 0.258. The van der Waals surface area contributed by atoms with Crippen LogP contribution in [0, 0.1) is 0 Å². The number of hydrogen-bond donors (Lipinski definition) is 2. The van der Waals surface area contributed by atoms with Crippen molar-refractivity contribution in [1.29, 1.82) is 0 Å². The van der Waals surface area contributed by atoms with Crippen LogP contribution in [0.2, 0.25) is 0 Å². The van der Waals surface area contributed by atoms with E-state index in [0.717, 1.165) is 34.6 Å². The van der Waals surface area contributed by atoms with Crippen LogP contribution in [-0.2, 0) is 12.0 Å². The number of imidazole rings is 1. The third-order valence-corrected chi connectivity index (χ3v) is 6.73. The number of pyridine rings is 2. The van der Waals surface area contributed by atoms with Crippen LogP contribution in [0.25, 0.3) is 11.0 Å². The van der Waals surface area contributed by atoms with Gasteiger partial charge in [0.2, 0.25) is 11.8 Å². The first-order valence-corrected chi connectivity index (χ1v) is 12.9.